The number of pyridine rings is 1. The third-order valence-corrected chi connectivity index (χ3v) is 2.59. The van der Waals surface area contributed by atoms with Crippen LogP contribution in [0.25, 0.3) is 0 Å². The molecule has 2 rings (SSSR count). The average Bonchev–Trinajstić information content (AvgIpc) is 2.27. The molecule has 14 heavy (non-hydrogen) atoms. The lowest BCUT2D eigenvalue weighted by atomic mass is 9.87. The molecule has 1 unspecified atom stereocenters. The van der Waals surface area contributed by atoms with Crippen molar-refractivity contribution in [1.29, 1.82) is 5.26 Å². The van der Waals surface area contributed by atoms with Crippen LogP contribution in [0.3, 0.4) is 0 Å². The summed E-state index contributed by atoms with van der Waals surface area (Å²) >= 11 is 0. The van der Waals surface area contributed by atoms with E-state index < -0.39 is 0 Å². The zero-order valence-electron chi connectivity index (χ0n) is 7.73. The molecular formula is C10H11N3O. The highest BCUT2D eigenvalue weighted by Crippen LogP contribution is 2.29. The number of nitriles is 1. The normalized spacial score (nSPS) is 19.6. The van der Waals surface area contributed by atoms with Crippen LogP contribution in [-0.4, -0.2) is 4.98 Å². The third kappa shape index (κ3) is 1.42. The Hall–Kier alpha value is -1.60. The molecule has 1 heterocycles. The number of nitrogens with two attached hydrogens (primary N) is 1. The molecule has 1 aliphatic rings. The standard InChI is InChI=1S/C10H11N3O/c11-6-7-1-2-9-8(5-7)10(14-12)3-4-13-9/h3-4,7H,1-2,5,12H2. The highest BCUT2D eigenvalue weighted by molar-refractivity contribution is 5.38. The fraction of sp³-hybridized carbons (Fsp3) is 0.400. The van der Waals surface area contributed by atoms with Crippen LogP contribution in [-0.2, 0) is 12.8 Å². The largest absolute Gasteiger partial charge is 0.411 e. The van der Waals surface area contributed by atoms with Gasteiger partial charge in [-0.05, 0) is 19.3 Å². The highest BCUT2D eigenvalue weighted by atomic mass is 16.6. The first-order chi connectivity index (χ1) is 6.85. The number of hydrogen-bond acceptors (Lipinski definition) is 4. The Bertz CT molecular complexity index is 369. The summed E-state index contributed by atoms with van der Waals surface area (Å²) in [6.45, 7) is 0. The first kappa shape index (κ1) is 8.97. The Labute approximate surface area is 82.3 Å². The molecule has 0 fully saturated rings. The van der Waals surface area contributed by atoms with E-state index in [1.165, 1.54) is 0 Å². The van der Waals surface area contributed by atoms with E-state index in [9.17, 15) is 0 Å². The Morgan fingerprint density at radius 2 is 2.50 bits per heavy atom. The Kier molecular flexibility index (Phi) is 2.33. The maximum atomic E-state index is 8.84. The first-order valence-corrected chi connectivity index (χ1v) is 4.58. The van der Waals surface area contributed by atoms with Crippen molar-refractivity contribution in [3.8, 4) is 11.8 Å². The minimum Gasteiger partial charge on any atom is -0.411 e. The number of nitrogens with zero attached hydrogens (tertiary/aromatic N) is 2. The van der Waals surface area contributed by atoms with Crippen molar-refractivity contribution in [3.05, 3.63) is 23.5 Å². The summed E-state index contributed by atoms with van der Waals surface area (Å²) in [5.74, 6) is 5.87. The second kappa shape index (κ2) is 3.64. The molecule has 72 valence electrons. The predicted molar refractivity (Wildman–Crippen MR) is 50.2 cm³/mol. The van der Waals surface area contributed by atoms with Crippen molar-refractivity contribution < 1.29 is 4.84 Å². The van der Waals surface area contributed by atoms with Gasteiger partial charge < -0.3 is 4.84 Å². The van der Waals surface area contributed by atoms with Crippen LogP contribution in [0.1, 0.15) is 17.7 Å². The predicted octanol–water partition coefficient (Wildman–Crippen LogP) is 0.963. The second-order valence-electron chi connectivity index (χ2n) is 3.42. The quantitative estimate of drug-likeness (QED) is 0.668. The molecule has 4 heteroatoms. The number of fused-ring (bicyclic) bond motifs is 1. The third-order valence-electron chi connectivity index (χ3n) is 2.59. The second-order valence-corrected chi connectivity index (χ2v) is 3.42. The summed E-state index contributed by atoms with van der Waals surface area (Å²) in [6, 6.07) is 4.01. The first-order valence-electron chi connectivity index (χ1n) is 4.58. The molecule has 0 bridgehead atoms. The monoisotopic (exact) mass is 189 g/mol. The van der Waals surface area contributed by atoms with E-state index in [-0.39, 0.29) is 5.92 Å². The molecule has 1 aromatic rings. The molecule has 0 aliphatic heterocycles. The fourth-order valence-electron chi connectivity index (χ4n) is 1.83. The lowest BCUT2D eigenvalue weighted by molar-refractivity contribution is 0.326. The van der Waals surface area contributed by atoms with Crippen molar-refractivity contribution in [1.82, 2.24) is 4.98 Å². The number of hydrogen-bond donors (Lipinski definition) is 1. The molecule has 0 spiro atoms. The van der Waals surface area contributed by atoms with Crippen molar-refractivity contribution >= 4 is 0 Å². The van der Waals surface area contributed by atoms with Gasteiger partial charge in [0.15, 0.2) is 5.75 Å². The van der Waals surface area contributed by atoms with Gasteiger partial charge in [-0.1, -0.05) is 0 Å². The molecule has 1 aliphatic carbocycles. The number of aromatic nitrogens is 1. The summed E-state index contributed by atoms with van der Waals surface area (Å²) in [5, 5.41) is 8.84. The van der Waals surface area contributed by atoms with Gasteiger partial charge in [0.05, 0.1) is 12.0 Å². The fourth-order valence-corrected chi connectivity index (χ4v) is 1.83. The van der Waals surface area contributed by atoms with E-state index in [1.807, 2.05) is 0 Å². The minimum absolute atomic E-state index is 0.0700. The van der Waals surface area contributed by atoms with Gasteiger partial charge in [0.25, 0.3) is 0 Å². The lowest BCUT2D eigenvalue weighted by Crippen LogP contribution is -2.16. The van der Waals surface area contributed by atoms with Crippen LogP contribution in [0.4, 0.5) is 0 Å². The topological polar surface area (TPSA) is 71.9 Å². The molecule has 0 saturated heterocycles. The minimum atomic E-state index is 0.0700. The molecule has 0 aromatic carbocycles. The zero-order valence-corrected chi connectivity index (χ0v) is 7.73. The van der Waals surface area contributed by atoms with Crippen LogP contribution in [0.5, 0.6) is 5.75 Å². The molecule has 0 saturated carbocycles. The van der Waals surface area contributed by atoms with Crippen LogP contribution in [0, 0.1) is 17.2 Å². The molecule has 1 atom stereocenters. The van der Waals surface area contributed by atoms with E-state index >= 15 is 0 Å². The molecule has 0 radical (unpaired) electrons. The van der Waals surface area contributed by atoms with E-state index in [2.05, 4.69) is 11.1 Å². The molecule has 1 aromatic heterocycles. The van der Waals surface area contributed by atoms with Crippen molar-refractivity contribution in [2.45, 2.75) is 19.3 Å². The van der Waals surface area contributed by atoms with Gasteiger partial charge in [-0.15, -0.1) is 0 Å². The summed E-state index contributed by atoms with van der Waals surface area (Å²) in [4.78, 5) is 9.01. The van der Waals surface area contributed by atoms with Crippen molar-refractivity contribution in [2.24, 2.45) is 11.8 Å². The Morgan fingerprint density at radius 3 is 3.21 bits per heavy atom. The van der Waals surface area contributed by atoms with Gasteiger partial charge in [0.2, 0.25) is 0 Å². The SMILES string of the molecule is N#CC1CCc2nccc(ON)c2C1. The Morgan fingerprint density at radius 1 is 1.64 bits per heavy atom. The molecule has 0 amide bonds. The van der Waals surface area contributed by atoms with Crippen molar-refractivity contribution in [3.63, 3.8) is 0 Å². The summed E-state index contributed by atoms with van der Waals surface area (Å²) in [5.41, 5.74) is 2.01. The van der Waals surface area contributed by atoms with E-state index in [0.717, 1.165) is 24.1 Å². The van der Waals surface area contributed by atoms with Gasteiger partial charge in [-0.25, -0.2) is 0 Å². The zero-order chi connectivity index (χ0) is 9.97. The maximum absolute atomic E-state index is 8.84. The van der Waals surface area contributed by atoms with E-state index in [4.69, 9.17) is 16.0 Å². The van der Waals surface area contributed by atoms with E-state index in [0.29, 0.717) is 12.2 Å². The Balaban J connectivity index is 2.38. The van der Waals surface area contributed by atoms with Gasteiger partial charge in [0, 0.05) is 23.5 Å². The molecule has 4 nitrogen and oxygen atoms in total. The van der Waals surface area contributed by atoms with Gasteiger partial charge in [-0.2, -0.15) is 11.2 Å². The molecular weight excluding hydrogens is 178 g/mol. The highest BCUT2D eigenvalue weighted by Gasteiger charge is 2.22. The lowest BCUT2D eigenvalue weighted by Gasteiger charge is -2.20. The summed E-state index contributed by atoms with van der Waals surface area (Å²) in [7, 11) is 0. The summed E-state index contributed by atoms with van der Waals surface area (Å²) in [6.07, 6.45) is 4.11. The van der Waals surface area contributed by atoms with Crippen LogP contribution in [0.15, 0.2) is 12.3 Å². The van der Waals surface area contributed by atoms with E-state index in [1.54, 1.807) is 12.3 Å². The molecule has 2 N–H and O–H groups in total. The maximum Gasteiger partial charge on any atom is 0.153 e. The van der Waals surface area contributed by atoms with Crippen LogP contribution >= 0.6 is 0 Å². The number of aryl methyl sites for hydroxylation is 1. The number of rotatable bonds is 1. The average molecular weight is 189 g/mol. The smallest absolute Gasteiger partial charge is 0.153 e. The van der Waals surface area contributed by atoms with Crippen molar-refractivity contribution in [2.75, 3.05) is 0 Å². The van der Waals surface area contributed by atoms with Gasteiger partial charge >= 0.3 is 0 Å². The van der Waals surface area contributed by atoms with Crippen LogP contribution < -0.4 is 10.7 Å². The van der Waals surface area contributed by atoms with Crippen LogP contribution in [0.2, 0.25) is 0 Å². The summed E-state index contributed by atoms with van der Waals surface area (Å²) < 4.78 is 0. The van der Waals surface area contributed by atoms with Gasteiger partial charge in [0.1, 0.15) is 0 Å². The van der Waals surface area contributed by atoms with Gasteiger partial charge in [-0.3, -0.25) is 4.98 Å².